The first-order chi connectivity index (χ1) is 11.2. The molecule has 23 heavy (non-hydrogen) atoms. The minimum atomic E-state index is -2.72. The lowest BCUT2D eigenvalue weighted by molar-refractivity contribution is 0.372. The molecule has 1 unspecified atom stereocenters. The van der Waals surface area contributed by atoms with Crippen molar-refractivity contribution >= 4 is 12.6 Å². The van der Waals surface area contributed by atoms with E-state index < -0.39 is 7.29 Å². The van der Waals surface area contributed by atoms with Crippen LogP contribution in [-0.4, -0.2) is 11.7 Å². The monoisotopic (exact) mass is 321 g/mol. The van der Waals surface area contributed by atoms with Gasteiger partial charge in [0.15, 0.2) is 0 Å². The molecule has 0 aromatic heterocycles. The van der Waals surface area contributed by atoms with E-state index in [1.807, 2.05) is 43.4 Å². The number of rotatable bonds is 2. The Kier molecular flexibility index (Phi) is 3.60. The quantitative estimate of drug-likeness (QED) is 0.588. The van der Waals surface area contributed by atoms with E-state index in [1.165, 1.54) is 5.56 Å². The highest BCUT2D eigenvalue weighted by Gasteiger charge is 2.51. The molecule has 0 saturated carbocycles. The Morgan fingerprint density at radius 3 is 2.35 bits per heavy atom. The molecule has 0 amide bonds. The Balaban J connectivity index is 1.89. The van der Waals surface area contributed by atoms with Crippen molar-refractivity contribution in [1.82, 2.24) is 4.67 Å². The van der Waals surface area contributed by atoms with Crippen LogP contribution in [0.4, 0.5) is 0 Å². The Morgan fingerprint density at radius 2 is 1.65 bits per heavy atom. The molecule has 0 bridgehead atoms. The number of benzene rings is 2. The van der Waals surface area contributed by atoms with Crippen LogP contribution in [0.1, 0.15) is 18.0 Å². The largest absolute Gasteiger partial charge is 0.297 e. The Morgan fingerprint density at radius 1 is 1.00 bits per heavy atom. The van der Waals surface area contributed by atoms with Crippen LogP contribution in [0.25, 0.3) is 0 Å². The van der Waals surface area contributed by atoms with Gasteiger partial charge in [0, 0.05) is 16.5 Å². The summed E-state index contributed by atoms with van der Waals surface area (Å²) in [6, 6.07) is 20.5. The van der Waals surface area contributed by atoms with E-state index in [9.17, 15) is 4.57 Å². The first kappa shape index (κ1) is 14.7. The summed E-state index contributed by atoms with van der Waals surface area (Å²) in [7, 11) is -0.711. The average Bonchev–Trinajstić information content (AvgIpc) is 2.86. The van der Waals surface area contributed by atoms with E-state index in [1.54, 1.807) is 0 Å². The van der Waals surface area contributed by atoms with Gasteiger partial charge in [0.25, 0.3) is 0 Å². The molecular weight excluding hydrogens is 301 g/mol. The van der Waals surface area contributed by atoms with Crippen LogP contribution in [0.2, 0.25) is 0 Å². The molecule has 2 aromatic carbocycles. The van der Waals surface area contributed by atoms with E-state index in [0.29, 0.717) is 0 Å². The molecule has 2 aliphatic rings. The van der Waals surface area contributed by atoms with E-state index in [2.05, 4.69) is 47.2 Å². The van der Waals surface area contributed by atoms with E-state index in [-0.39, 0.29) is 12.0 Å². The SMILES string of the molecule is CN1[C@@H](c2ccccc2)[C@@H]2C=CCC=C2P1(=O)c1ccccc1. The standard InChI is InChI=1S/C20H20NOP/c1-21-20(16-10-4-2-5-11-16)18-14-8-9-15-19(18)23(21,22)17-12-6-3-7-13-17/h2-8,10-15,18,20H,9H2,1H3/t18-,20+,23?/m1/s1. The minimum Gasteiger partial charge on any atom is -0.297 e. The summed E-state index contributed by atoms with van der Waals surface area (Å²) in [6.07, 6.45) is 7.49. The maximum atomic E-state index is 14.1. The van der Waals surface area contributed by atoms with Gasteiger partial charge in [-0.25, -0.2) is 4.67 Å². The van der Waals surface area contributed by atoms with Crippen LogP contribution in [0.3, 0.4) is 0 Å². The maximum Gasteiger partial charge on any atom is 0.203 e. The van der Waals surface area contributed by atoms with Gasteiger partial charge in [-0.15, -0.1) is 0 Å². The fourth-order valence-corrected chi connectivity index (χ4v) is 7.08. The van der Waals surface area contributed by atoms with Gasteiger partial charge in [0.1, 0.15) is 0 Å². The first-order valence-electron chi connectivity index (χ1n) is 8.04. The second-order valence-corrected chi connectivity index (χ2v) is 8.98. The summed E-state index contributed by atoms with van der Waals surface area (Å²) in [5.41, 5.74) is 1.23. The van der Waals surface area contributed by atoms with E-state index in [4.69, 9.17) is 0 Å². The van der Waals surface area contributed by atoms with Crippen molar-refractivity contribution in [3.8, 4) is 0 Å². The molecule has 2 nitrogen and oxygen atoms in total. The Labute approximate surface area is 137 Å². The second-order valence-electron chi connectivity index (χ2n) is 6.16. The van der Waals surface area contributed by atoms with Gasteiger partial charge < -0.3 is 0 Å². The molecule has 0 radical (unpaired) electrons. The van der Waals surface area contributed by atoms with Gasteiger partial charge in [0.2, 0.25) is 7.29 Å². The third-order valence-corrected chi connectivity index (χ3v) is 8.25. The zero-order valence-corrected chi connectivity index (χ0v) is 14.1. The molecule has 116 valence electrons. The molecule has 1 heterocycles. The Bertz CT molecular complexity index is 810. The number of allylic oxidation sites excluding steroid dienone is 2. The highest BCUT2D eigenvalue weighted by atomic mass is 31.2. The molecule has 1 aliphatic carbocycles. The van der Waals surface area contributed by atoms with Gasteiger partial charge in [-0.1, -0.05) is 66.8 Å². The molecule has 1 saturated heterocycles. The van der Waals surface area contributed by atoms with Crippen LogP contribution >= 0.6 is 7.29 Å². The summed E-state index contributed by atoms with van der Waals surface area (Å²) < 4.78 is 16.2. The topological polar surface area (TPSA) is 20.3 Å². The fourth-order valence-electron chi connectivity index (χ4n) is 3.87. The fraction of sp³-hybridized carbons (Fsp3) is 0.200. The van der Waals surface area contributed by atoms with E-state index >= 15 is 0 Å². The molecule has 4 rings (SSSR count). The summed E-state index contributed by atoms with van der Waals surface area (Å²) >= 11 is 0. The molecule has 2 aromatic rings. The van der Waals surface area contributed by atoms with Crippen LogP contribution in [-0.2, 0) is 4.57 Å². The van der Waals surface area contributed by atoms with Crippen LogP contribution in [0.5, 0.6) is 0 Å². The van der Waals surface area contributed by atoms with Gasteiger partial charge in [-0.3, -0.25) is 4.57 Å². The normalized spacial score (nSPS) is 30.0. The lowest BCUT2D eigenvalue weighted by Crippen LogP contribution is -2.21. The lowest BCUT2D eigenvalue weighted by Gasteiger charge is -2.26. The predicted molar refractivity (Wildman–Crippen MR) is 96.0 cm³/mol. The smallest absolute Gasteiger partial charge is 0.203 e. The minimum absolute atomic E-state index is 0.130. The van der Waals surface area contributed by atoms with Gasteiger partial charge in [-0.2, -0.15) is 0 Å². The van der Waals surface area contributed by atoms with Crippen molar-refractivity contribution in [2.24, 2.45) is 5.92 Å². The van der Waals surface area contributed by atoms with Crippen LogP contribution < -0.4 is 5.30 Å². The van der Waals surface area contributed by atoms with Crippen LogP contribution in [0.15, 0.2) is 84.2 Å². The summed E-state index contributed by atoms with van der Waals surface area (Å²) in [6.45, 7) is 0. The van der Waals surface area contributed by atoms with Gasteiger partial charge >= 0.3 is 0 Å². The van der Waals surface area contributed by atoms with Crippen molar-refractivity contribution in [3.05, 3.63) is 89.8 Å². The number of fused-ring (bicyclic) bond motifs is 1. The maximum absolute atomic E-state index is 14.1. The summed E-state index contributed by atoms with van der Waals surface area (Å²) in [5.74, 6) is 0.196. The van der Waals surface area contributed by atoms with Crippen molar-refractivity contribution in [3.63, 3.8) is 0 Å². The zero-order chi connectivity index (χ0) is 15.9. The van der Waals surface area contributed by atoms with Crippen LogP contribution in [0, 0.1) is 5.92 Å². The number of hydrogen-bond donors (Lipinski definition) is 0. The lowest BCUT2D eigenvalue weighted by atomic mass is 9.90. The first-order valence-corrected chi connectivity index (χ1v) is 9.70. The van der Waals surface area contributed by atoms with Crippen molar-refractivity contribution in [2.75, 3.05) is 7.05 Å². The molecule has 1 fully saturated rings. The molecular formula is C20H20NOP. The van der Waals surface area contributed by atoms with Crippen molar-refractivity contribution in [1.29, 1.82) is 0 Å². The van der Waals surface area contributed by atoms with Gasteiger partial charge in [-0.05, 0) is 31.2 Å². The number of nitrogens with zero attached hydrogens (tertiary/aromatic N) is 1. The highest BCUT2D eigenvalue weighted by molar-refractivity contribution is 7.73. The summed E-state index contributed by atoms with van der Waals surface area (Å²) in [4.78, 5) is 0. The predicted octanol–water partition coefficient (Wildman–Crippen LogP) is 4.74. The zero-order valence-electron chi connectivity index (χ0n) is 13.2. The molecule has 1 aliphatic heterocycles. The third-order valence-electron chi connectivity index (χ3n) is 4.93. The average molecular weight is 321 g/mol. The third kappa shape index (κ3) is 2.17. The van der Waals surface area contributed by atoms with Crippen molar-refractivity contribution < 1.29 is 4.57 Å². The Hall–Kier alpha value is -1.89. The van der Waals surface area contributed by atoms with Gasteiger partial charge in [0.05, 0.1) is 6.04 Å². The summed E-state index contributed by atoms with van der Waals surface area (Å²) in [5, 5.41) is 2.04. The second kappa shape index (κ2) is 5.63. The molecule has 3 atom stereocenters. The van der Waals surface area contributed by atoms with E-state index in [0.717, 1.165) is 17.0 Å². The highest BCUT2D eigenvalue weighted by Crippen LogP contribution is 2.70. The number of hydrogen-bond acceptors (Lipinski definition) is 1. The van der Waals surface area contributed by atoms with Crippen molar-refractivity contribution in [2.45, 2.75) is 12.5 Å². The molecule has 3 heteroatoms. The molecule has 0 N–H and O–H groups in total. The molecule has 0 spiro atoms.